The topological polar surface area (TPSA) is 65.0 Å². The van der Waals surface area contributed by atoms with Crippen molar-refractivity contribution in [3.8, 4) is 0 Å². The zero-order valence-electron chi connectivity index (χ0n) is 8.69. The van der Waals surface area contributed by atoms with Gasteiger partial charge in [-0.1, -0.05) is 0 Å². The molecular weight excluding hydrogens is 188 g/mol. The third-order valence-corrected chi connectivity index (χ3v) is 1.42. The zero-order valence-corrected chi connectivity index (χ0v) is 8.69. The van der Waals surface area contributed by atoms with Crippen LogP contribution in [0.3, 0.4) is 0 Å². The Hall–Kier alpha value is -0.650. The summed E-state index contributed by atoms with van der Waals surface area (Å²) in [6.07, 6.45) is -0.385. The van der Waals surface area contributed by atoms with Gasteiger partial charge in [0, 0.05) is 13.2 Å². The summed E-state index contributed by atoms with van der Waals surface area (Å²) in [6, 6.07) is 0. The minimum absolute atomic E-state index is 0.00493. The molecule has 0 rings (SSSR count). The molecule has 0 spiro atoms. The van der Waals surface area contributed by atoms with Crippen LogP contribution < -0.4 is 0 Å². The molecule has 0 saturated heterocycles. The van der Waals surface area contributed by atoms with Crippen LogP contribution in [-0.2, 0) is 19.0 Å². The Morgan fingerprint density at radius 1 is 1.29 bits per heavy atom. The number of rotatable bonds is 9. The molecule has 0 heterocycles. The van der Waals surface area contributed by atoms with Crippen molar-refractivity contribution in [1.29, 1.82) is 0 Å². The first-order chi connectivity index (χ1) is 6.70. The van der Waals surface area contributed by atoms with Crippen molar-refractivity contribution in [2.75, 3.05) is 26.4 Å². The molecule has 0 radical (unpaired) electrons. The SMILES string of the molecule is CCOC(COCCC(=O)O)OCC. The molecule has 0 aromatic heterocycles. The Balaban J connectivity index is 3.44. The van der Waals surface area contributed by atoms with E-state index in [1.165, 1.54) is 0 Å². The Labute approximate surface area is 84.0 Å². The summed E-state index contributed by atoms with van der Waals surface area (Å²) in [5.74, 6) is -0.866. The van der Waals surface area contributed by atoms with Gasteiger partial charge in [0.05, 0.1) is 19.6 Å². The smallest absolute Gasteiger partial charge is 0.305 e. The van der Waals surface area contributed by atoms with Crippen molar-refractivity contribution < 1.29 is 24.1 Å². The van der Waals surface area contributed by atoms with Gasteiger partial charge in [0.1, 0.15) is 0 Å². The van der Waals surface area contributed by atoms with Crippen molar-refractivity contribution in [1.82, 2.24) is 0 Å². The van der Waals surface area contributed by atoms with Crippen LogP contribution >= 0.6 is 0 Å². The lowest BCUT2D eigenvalue weighted by atomic mass is 10.5. The van der Waals surface area contributed by atoms with Crippen molar-refractivity contribution in [3.05, 3.63) is 0 Å². The van der Waals surface area contributed by atoms with E-state index in [4.69, 9.17) is 19.3 Å². The van der Waals surface area contributed by atoms with Crippen LogP contribution in [0.2, 0.25) is 0 Å². The first kappa shape index (κ1) is 13.4. The van der Waals surface area contributed by atoms with E-state index in [0.717, 1.165) is 0 Å². The summed E-state index contributed by atoms with van der Waals surface area (Å²) in [6.45, 7) is 5.29. The van der Waals surface area contributed by atoms with Gasteiger partial charge in [0.2, 0.25) is 0 Å². The van der Waals surface area contributed by atoms with Gasteiger partial charge >= 0.3 is 5.97 Å². The molecule has 0 atom stereocenters. The Bertz CT molecular complexity index is 142. The maximum Gasteiger partial charge on any atom is 0.305 e. The van der Waals surface area contributed by atoms with E-state index in [1.807, 2.05) is 13.8 Å². The number of carbonyl (C=O) groups is 1. The second-order valence-corrected chi connectivity index (χ2v) is 2.56. The highest BCUT2D eigenvalue weighted by Crippen LogP contribution is 1.96. The monoisotopic (exact) mass is 206 g/mol. The minimum Gasteiger partial charge on any atom is -0.481 e. The molecule has 5 nitrogen and oxygen atoms in total. The Kier molecular flexibility index (Phi) is 8.51. The number of carboxylic acids is 1. The average molecular weight is 206 g/mol. The van der Waals surface area contributed by atoms with Gasteiger partial charge in [-0.2, -0.15) is 0 Å². The number of hydrogen-bond donors (Lipinski definition) is 1. The lowest BCUT2D eigenvalue weighted by molar-refractivity contribution is -0.169. The molecule has 5 heteroatoms. The number of carboxylic acid groups (broad SMARTS) is 1. The normalized spacial score (nSPS) is 10.8. The third-order valence-electron chi connectivity index (χ3n) is 1.42. The summed E-state index contributed by atoms with van der Waals surface area (Å²) in [5, 5.41) is 8.34. The molecule has 0 aromatic carbocycles. The van der Waals surface area contributed by atoms with Crippen LogP contribution in [0.5, 0.6) is 0 Å². The maximum atomic E-state index is 10.2. The average Bonchev–Trinajstić information content (AvgIpc) is 2.12. The maximum absolute atomic E-state index is 10.2. The molecule has 0 unspecified atom stereocenters. The van der Waals surface area contributed by atoms with Crippen molar-refractivity contribution in [3.63, 3.8) is 0 Å². The van der Waals surface area contributed by atoms with E-state index in [1.54, 1.807) is 0 Å². The van der Waals surface area contributed by atoms with Gasteiger partial charge in [0.25, 0.3) is 0 Å². The number of hydrogen-bond acceptors (Lipinski definition) is 4. The van der Waals surface area contributed by atoms with Gasteiger partial charge in [-0.25, -0.2) is 0 Å². The fraction of sp³-hybridized carbons (Fsp3) is 0.889. The zero-order chi connectivity index (χ0) is 10.8. The molecule has 1 N–H and O–H groups in total. The summed E-state index contributed by atoms with van der Waals surface area (Å²) < 4.78 is 15.5. The van der Waals surface area contributed by atoms with Gasteiger partial charge in [-0.3, -0.25) is 4.79 Å². The van der Waals surface area contributed by atoms with Gasteiger partial charge in [-0.05, 0) is 13.8 Å². The van der Waals surface area contributed by atoms with E-state index in [9.17, 15) is 4.79 Å². The van der Waals surface area contributed by atoms with Gasteiger partial charge in [-0.15, -0.1) is 0 Å². The van der Waals surface area contributed by atoms with Crippen LogP contribution in [0.15, 0.2) is 0 Å². The molecule has 84 valence electrons. The molecule has 0 amide bonds. The highest BCUT2D eigenvalue weighted by molar-refractivity contribution is 5.66. The van der Waals surface area contributed by atoms with Crippen LogP contribution in [0, 0.1) is 0 Å². The van der Waals surface area contributed by atoms with Gasteiger partial charge in [0.15, 0.2) is 6.29 Å². The first-order valence-electron chi connectivity index (χ1n) is 4.73. The molecular formula is C9H18O5. The highest BCUT2D eigenvalue weighted by Gasteiger charge is 2.07. The first-order valence-corrected chi connectivity index (χ1v) is 4.73. The molecule has 0 saturated carbocycles. The molecule has 0 aliphatic carbocycles. The van der Waals surface area contributed by atoms with Crippen LogP contribution in [-0.4, -0.2) is 43.8 Å². The van der Waals surface area contributed by atoms with E-state index in [0.29, 0.717) is 13.2 Å². The lowest BCUT2D eigenvalue weighted by Crippen LogP contribution is -2.24. The predicted molar refractivity (Wildman–Crippen MR) is 50.1 cm³/mol. The molecule has 0 aliphatic rings. The summed E-state index contributed by atoms with van der Waals surface area (Å²) >= 11 is 0. The standard InChI is InChI=1S/C9H18O5/c1-3-13-9(14-4-2)7-12-6-5-8(10)11/h9H,3-7H2,1-2H3,(H,10,11). The second-order valence-electron chi connectivity index (χ2n) is 2.56. The number of aliphatic carboxylic acids is 1. The quantitative estimate of drug-likeness (QED) is 0.448. The minimum atomic E-state index is -0.866. The molecule has 14 heavy (non-hydrogen) atoms. The second kappa shape index (κ2) is 8.93. The molecule has 0 bridgehead atoms. The van der Waals surface area contributed by atoms with Crippen molar-refractivity contribution in [2.24, 2.45) is 0 Å². The Morgan fingerprint density at radius 3 is 2.29 bits per heavy atom. The summed E-state index contributed by atoms with van der Waals surface area (Å²) in [5.41, 5.74) is 0. The van der Waals surface area contributed by atoms with Crippen molar-refractivity contribution in [2.45, 2.75) is 26.6 Å². The van der Waals surface area contributed by atoms with E-state index < -0.39 is 12.3 Å². The van der Waals surface area contributed by atoms with Gasteiger partial charge < -0.3 is 19.3 Å². The largest absolute Gasteiger partial charge is 0.481 e. The third kappa shape index (κ3) is 7.97. The Morgan fingerprint density at radius 2 is 1.86 bits per heavy atom. The molecule has 0 fully saturated rings. The van der Waals surface area contributed by atoms with Crippen LogP contribution in [0.4, 0.5) is 0 Å². The predicted octanol–water partition coefficient (Wildman–Crippen LogP) is 0.877. The fourth-order valence-electron chi connectivity index (χ4n) is 0.855. The van der Waals surface area contributed by atoms with Crippen molar-refractivity contribution >= 4 is 5.97 Å². The molecule has 0 aliphatic heterocycles. The van der Waals surface area contributed by atoms with E-state index in [-0.39, 0.29) is 19.6 Å². The van der Waals surface area contributed by atoms with Crippen LogP contribution in [0.1, 0.15) is 20.3 Å². The summed E-state index contributed by atoms with van der Waals surface area (Å²) in [7, 11) is 0. The fourth-order valence-corrected chi connectivity index (χ4v) is 0.855. The number of ether oxygens (including phenoxy) is 3. The lowest BCUT2D eigenvalue weighted by Gasteiger charge is -2.16. The molecule has 0 aromatic rings. The van der Waals surface area contributed by atoms with E-state index >= 15 is 0 Å². The summed E-state index contributed by atoms with van der Waals surface area (Å²) in [4.78, 5) is 10.2. The van der Waals surface area contributed by atoms with E-state index in [2.05, 4.69) is 0 Å². The van der Waals surface area contributed by atoms with Crippen LogP contribution in [0.25, 0.3) is 0 Å². The highest BCUT2D eigenvalue weighted by atomic mass is 16.7.